The molecule has 2 saturated heterocycles. The van der Waals surface area contributed by atoms with Crippen LogP contribution in [-0.2, 0) is 14.3 Å². The molecule has 0 aromatic heterocycles. The summed E-state index contributed by atoms with van der Waals surface area (Å²) >= 11 is 0. The number of alkyl carbamates (subject to hydrolysis) is 1. The number of fused-ring (bicyclic) bond motifs is 3. The molecule has 2 bridgehead atoms. The molecule has 3 aliphatic rings. The quantitative estimate of drug-likeness (QED) is 0.796. The molecule has 3 rings (SSSR count). The molecule has 2 heterocycles. The van der Waals surface area contributed by atoms with Crippen LogP contribution >= 0.6 is 0 Å². The molecule has 2 aliphatic heterocycles. The van der Waals surface area contributed by atoms with Crippen LogP contribution < -0.4 is 5.32 Å². The van der Waals surface area contributed by atoms with Gasteiger partial charge >= 0.3 is 6.09 Å². The van der Waals surface area contributed by atoms with E-state index in [4.69, 9.17) is 9.47 Å². The fourth-order valence-electron chi connectivity index (χ4n) is 2.67. The van der Waals surface area contributed by atoms with E-state index in [0.717, 1.165) is 32.0 Å². The van der Waals surface area contributed by atoms with Gasteiger partial charge in [0, 0.05) is 11.0 Å². The molecular weight excluding hydrogens is 246 g/mol. The summed E-state index contributed by atoms with van der Waals surface area (Å²) in [5.74, 6) is 0. The van der Waals surface area contributed by atoms with Crippen LogP contribution in [-0.4, -0.2) is 36.7 Å². The van der Waals surface area contributed by atoms with Crippen molar-refractivity contribution in [2.24, 2.45) is 5.41 Å². The third kappa shape index (κ3) is 3.26. The minimum atomic E-state index is -0.414. The molecule has 19 heavy (non-hydrogen) atoms. The van der Waals surface area contributed by atoms with E-state index in [2.05, 4.69) is 5.32 Å². The summed E-state index contributed by atoms with van der Waals surface area (Å²) in [5.41, 5.74) is -0.961. The molecule has 108 valence electrons. The van der Waals surface area contributed by atoms with Gasteiger partial charge in [-0.3, -0.25) is 0 Å². The molecule has 0 atom stereocenters. The van der Waals surface area contributed by atoms with Crippen LogP contribution in [0.15, 0.2) is 0 Å². The summed E-state index contributed by atoms with van der Waals surface area (Å²) in [6.07, 6.45) is 3.86. The monoisotopic (exact) mass is 269 g/mol. The Labute approximate surface area is 114 Å². The van der Waals surface area contributed by atoms with Crippen LogP contribution in [0.3, 0.4) is 0 Å². The number of ether oxygens (including phenoxy) is 2. The van der Waals surface area contributed by atoms with Gasteiger partial charge in [0.2, 0.25) is 0 Å². The maximum atomic E-state index is 11.6. The van der Waals surface area contributed by atoms with Crippen LogP contribution in [0.25, 0.3) is 0 Å². The number of amides is 1. The SMILES string of the molecule is CC(C)(C)NC(=O)OCC12CCC(C=O)(CC1)CO2. The predicted molar refractivity (Wildman–Crippen MR) is 69.9 cm³/mol. The number of carbonyl (C=O) groups is 2. The highest BCUT2D eigenvalue weighted by molar-refractivity contribution is 5.68. The average Bonchev–Trinajstić information content (AvgIpc) is 2.37. The molecule has 1 aliphatic carbocycles. The first-order chi connectivity index (χ1) is 8.78. The van der Waals surface area contributed by atoms with Crippen molar-refractivity contribution >= 4 is 12.4 Å². The molecule has 0 unspecified atom stereocenters. The lowest BCUT2D eigenvalue weighted by Gasteiger charge is -2.50. The zero-order chi connectivity index (χ0) is 14.1. The molecule has 3 fully saturated rings. The largest absolute Gasteiger partial charge is 0.446 e. The van der Waals surface area contributed by atoms with E-state index in [1.807, 2.05) is 20.8 Å². The second-order valence-corrected chi connectivity index (χ2v) is 6.90. The molecule has 0 spiro atoms. The van der Waals surface area contributed by atoms with E-state index < -0.39 is 6.09 Å². The van der Waals surface area contributed by atoms with Crippen LogP contribution in [0.1, 0.15) is 46.5 Å². The first-order valence-electron chi connectivity index (χ1n) is 6.84. The Kier molecular flexibility index (Phi) is 3.60. The van der Waals surface area contributed by atoms with Crippen LogP contribution in [0.4, 0.5) is 4.79 Å². The molecule has 0 aromatic rings. The van der Waals surface area contributed by atoms with Gasteiger partial charge in [0.15, 0.2) is 0 Å². The highest BCUT2D eigenvalue weighted by atomic mass is 16.6. The molecule has 5 nitrogen and oxygen atoms in total. The Morgan fingerprint density at radius 1 is 1.32 bits per heavy atom. The summed E-state index contributed by atoms with van der Waals surface area (Å²) in [7, 11) is 0. The summed E-state index contributed by atoms with van der Waals surface area (Å²) in [6.45, 7) is 6.44. The van der Waals surface area contributed by atoms with Gasteiger partial charge < -0.3 is 19.6 Å². The first kappa shape index (κ1) is 14.3. The number of hydrogen-bond acceptors (Lipinski definition) is 4. The lowest BCUT2D eigenvalue weighted by molar-refractivity contribution is -0.194. The topological polar surface area (TPSA) is 64.6 Å². The van der Waals surface area contributed by atoms with Gasteiger partial charge in [0.1, 0.15) is 18.5 Å². The van der Waals surface area contributed by atoms with E-state index in [0.29, 0.717) is 6.61 Å². The maximum Gasteiger partial charge on any atom is 0.407 e. The van der Waals surface area contributed by atoms with Crippen molar-refractivity contribution in [1.82, 2.24) is 5.32 Å². The molecular formula is C14H23NO4. The first-order valence-corrected chi connectivity index (χ1v) is 6.84. The van der Waals surface area contributed by atoms with Gasteiger partial charge in [-0.05, 0) is 46.5 Å². The van der Waals surface area contributed by atoms with E-state index in [1.165, 1.54) is 0 Å². The molecule has 0 radical (unpaired) electrons. The van der Waals surface area contributed by atoms with Gasteiger partial charge in [-0.15, -0.1) is 0 Å². The molecule has 1 saturated carbocycles. The number of nitrogens with one attached hydrogen (secondary N) is 1. The maximum absolute atomic E-state index is 11.6. The average molecular weight is 269 g/mol. The molecule has 1 N–H and O–H groups in total. The van der Waals surface area contributed by atoms with Crippen molar-refractivity contribution in [2.75, 3.05) is 13.2 Å². The van der Waals surface area contributed by atoms with Crippen LogP contribution in [0.2, 0.25) is 0 Å². The third-order valence-electron chi connectivity index (χ3n) is 4.02. The van der Waals surface area contributed by atoms with Crippen molar-refractivity contribution in [1.29, 1.82) is 0 Å². The number of aldehydes is 1. The van der Waals surface area contributed by atoms with Crippen molar-refractivity contribution < 1.29 is 19.1 Å². The highest BCUT2D eigenvalue weighted by Gasteiger charge is 2.50. The predicted octanol–water partition coefficient (Wildman–Crippen LogP) is 2.04. The van der Waals surface area contributed by atoms with Gasteiger partial charge in [0.05, 0.1) is 6.61 Å². The number of carbonyl (C=O) groups excluding carboxylic acids is 2. The van der Waals surface area contributed by atoms with E-state index in [9.17, 15) is 9.59 Å². The summed E-state index contributed by atoms with van der Waals surface area (Å²) in [4.78, 5) is 22.7. The molecule has 1 amide bonds. The van der Waals surface area contributed by atoms with Crippen LogP contribution in [0.5, 0.6) is 0 Å². The third-order valence-corrected chi connectivity index (χ3v) is 4.02. The fourth-order valence-corrected chi connectivity index (χ4v) is 2.67. The summed E-state index contributed by atoms with van der Waals surface area (Å²) in [6, 6.07) is 0. The summed E-state index contributed by atoms with van der Waals surface area (Å²) in [5, 5.41) is 2.76. The lowest BCUT2D eigenvalue weighted by atomic mass is 9.67. The molecule has 5 heteroatoms. The van der Waals surface area contributed by atoms with Crippen LogP contribution in [0, 0.1) is 5.41 Å². The Bertz CT molecular complexity index is 348. The Morgan fingerprint density at radius 3 is 2.37 bits per heavy atom. The zero-order valence-corrected chi connectivity index (χ0v) is 12.0. The van der Waals surface area contributed by atoms with E-state index >= 15 is 0 Å². The van der Waals surface area contributed by atoms with Crippen molar-refractivity contribution in [3.63, 3.8) is 0 Å². The van der Waals surface area contributed by atoms with Gasteiger partial charge in [-0.25, -0.2) is 4.79 Å². The Hall–Kier alpha value is -1.10. The van der Waals surface area contributed by atoms with Gasteiger partial charge in [0.25, 0.3) is 0 Å². The van der Waals surface area contributed by atoms with Gasteiger partial charge in [-0.2, -0.15) is 0 Å². The molecule has 0 aromatic carbocycles. The Balaban J connectivity index is 1.84. The van der Waals surface area contributed by atoms with Crippen molar-refractivity contribution in [3.05, 3.63) is 0 Å². The number of rotatable bonds is 3. The van der Waals surface area contributed by atoms with E-state index in [-0.39, 0.29) is 23.2 Å². The highest BCUT2D eigenvalue weighted by Crippen LogP contribution is 2.47. The van der Waals surface area contributed by atoms with E-state index in [1.54, 1.807) is 0 Å². The zero-order valence-electron chi connectivity index (χ0n) is 12.0. The lowest BCUT2D eigenvalue weighted by Crippen LogP contribution is -2.55. The second kappa shape index (κ2) is 4.78. The Morgan fingerprint density at radius 2 is 1.95 bits per heavy atom. The smallest absolute Gasteiger partial charge is 0.407 e. The summed E-state index contributed by atoms with van der Waals surface area (Å²) < 4.78 is 11.1. The fraction of sp³-hybridized carbons (Fsp3) is 0.857. The second-order valence-electron chi connectivity index (χ2n) is 6.90. The van der Waals surface area contributed by atoms with Crippen molar-refractivity contribution in [2.45, 2.75) is 57.6 Å². The normalized spacial score (nSPS) is 33.8. The van der Waals surface area contributed by atoms with Crippen molar-refractivity contribution in [3.8, 4) is 0 Å². The number of hydrogen-bond donors (Lipinski definition) is 1. The standard InChI is InChI=1S/C14H23NO4/c1-12(2,3)15-11(17)18-10-14-6-4-13(8-16,5-7-14)9-19-14/h8H,4-7,9-10H2,1-3H3,(H,15,17). The minimum Gasteiger partial charge on any atom is -0.446 e. The minimum absolute atomic E-state index is 0.268. The van der Waals surface area contributed by atoms with Gasteiger partial charge in [-0.1, -0.05) is 0 Å².